The molecule has 0 unspecified atom stereocenters. The third kappa shape index (κ3) is 4.42. The van der Waals surface area contributed by atoms with Crippen molar-refractivity contribution in [1.29, 1.82) is 0 Å². The molecule has 0 radical (unpaired) electrons. The van der Waals surface area contributed by atoms with Crippen LogP contribution in [0.25, 0.3) is 0 Å². The summed E-state index contributed by atoms with van der Waals surface area (Å²) in [7, 11) is -3.85. The fourth-order valence-corrected chi connectivity index (χ4v) is 4.45. The van der Waals surface area contributed by atoms with Gasteiger partial charge in [0.25, 0.3) is 11.8 Å². The molecule has 4 N–H and O–H groups in total. The number of oxime groups is 1. The van der Waals surface area contributed by atoms with Crippen LogP contribution in [0.5, 0.6) is 0 Å². The summed E-state index contributed by atoms with van der Waals surface area (Å²) in [6.07, 6.45) is 2.28. The highest BCUT2D eigenvalue weighted by Crippen LogP contribution is 2.31. The summed E-state index contributed by atoms with van der Waals surface area (Å²) in [6.45, 7) is 3.05. The molecule has 166 valence electrons. The Morgan fingerprint density at radius 3 is 2.81 bits per heavy atom. The standard InChI is InChI=1S/C16H18N6O7S2/c1-3-4-29-20-11(9-7-30-16(17)19-9)13(23)18-8-5-21-6-10(31(2,27)28)12(15(25)26)22(21)14(8)24/h3,7-8H,1,4-6H2,2H3,(H2,17,19)(H,18,23)(H,25,26)/b20-11+/t8-/m0/s1. The summed E-state index contributed by atoms with van der Waals surface area (Å²) in [5.74, 6) is -3.17. The second kappa shape index (κ2) is 8.44. The lowest BCUT2D eigenvalue weighted by Gasteiger charge is -2.18. The normalized spacial score (nSPS) is 19.5. The Balaban J connectivity index is 1.84. The van der Waals surface area contributed by atoms with Crippen molar-refractivity contribution in [1.82, 2.24) is 20.3 Å². The monoisotopic (exact) mass is 470 g/mol. The van der Waals surface area contributed by atoms with Crippen LogP contribution in [-0.4, -0.2) is 84.0 Å². The number of sulfone groups is 1. The van der Waals surface area contributed by atoms with E-state index >= 15 is 0 Å². The first kappa shape index (κ1) is 22.4. The number of hydrazine groups is 1. The number of carbonyl (C=O) groups is 3. The highest BCUT2D eigenvalue weighted by atomic mass is 32.2. The van der Waals surface area contributed by atoms with E-state index < -0.39 is 39.4 Å². The summed E-state index contributed by atoms with van der Waals surface area (Å²) in [4.78, 5) is 45.8. The van der Waals surface area contributed by atoms with E-state index in [0.29, 0.717) is 0 Å². The quantitative estimate of drug-likeness (QED) is 0.175. The number of hydrogen-bond donors (Lipinski definition) is 3. The van der Waals surface area contributed by atoms with Crippen LogP contribution >= 0.6 is 11.3 Å². The first-order valence-electron chi connectivity index (χ1n) is 8.63. The van der Waals surface area contributed by atoms with Gasteiger partial charge in [-0.2, -0.15) is 0 Å². The number of carbonyl (C=O) groups excluding carboxylic acids is 2. The predicted molar refractivity (Wildman–Crippen MR) is 109 cm³/mol. The zero-order chi connectivity index (χ0) is 22.9. The first-order chi connectivity index (χ1) is 14.5. The number of hydrogen-bond acceptors (Lipinski definition) is 11. The van der Waals surface area contributed by atoms with Crippen molar-refractivity contribution in [3.05, 3.63) is 34.3 Å². The average molecular weight is 470 g/mol. The molecule has 0 saturated carbocycles. The lowest BCUT2D eigenvalue weighted by molar-refractivity contribution is -0.143. The van der Waals surface area contributed by atoms with E-state index in [9.17, 15) is 27.9 Å². The molecule has 0 aliphatic carbocycles. The molecule has 13 nitrogen and oxygen atoms in total. The van der Waals surface area contributed by atoms with Crippen LogP contribution < -0.4 is 11.1 Å². The Bertz CT molecular complexity index is 1120. The summed E-state index contributed by atoms with van der Waals surface area (Å²) >= 11 is 1.07. The van der Waals surface area contributed by atoms with E-state index in [0.717, 1.165) is 22.6 Å². The number of fused-ring (bicyclic) bond motifs is 1. The summed E-state index contributed by atoms with van der Waals surface area (Å²) in [5, 5.41) is 19.3. The van der Waals surface area contributed by atoms with Crippen molar-refractivity contribution in [2.45, 2.75) is 6.04 Å². The molecule has 3 heterocycles. The van der Waals surface area contributed by atoms with E-state index in [4.69, 9.17) is 10.6 Å². The molecule has 3 rings (SSSR count). The van der Waals surface area contributed by atoms with Gasteiger partial charge in [-0.05, 0) is 0 Å². The van der Waals surface area contributed by atoms with E-state index in [2.05, 4.69) is 22.0 Å². The Labute approximate surface area is 180 Å². The number of nitrogens with one attached hydrogen (secondary N) is 1. The number of carboxylic acid groups (broad SMARTS) is 1. The number of carboxylic acids is 1. The van der Waals surface area contributed by atoms with Gasteiger partial charge in [0, 0.05) is 18.2 Å². The number of amides is 2. The molecule has 31 heavy (non-hydrogen) atoms. The van der Waals surface area contributed by atoms with Crippen LogP contribution in [0.2, 0.25) is 0 Å². The van der Waals surface area contributed by atoms with Gasteiger partial charge in [0.15, 0.2) is 26.4 Å². The Morgan fingerprint density at radius 2 is 2.26 bits per heavy atom. The predicted octanol–water partition coefficient (Wildman–Crippen LogP) is -1.47. The van der Waals surface area contributed by atoms with Crippen molar-refractivity contribution in [2.24, 2.45) is 5.16 Å². The zero-order valence-corrected chi connectivity index (χ0v) is 17.8. The van der Waals surface area contributed by atoms with Gasteiger partial charge in [-0.15, -0.1) is 11.3 Å². The van der Waals surface area contributed by atoms with Gasteiger partial charge in [0.1, 0.15) is 18.3 Å². The van der Waals surface area contributed by atoms with E-state index in [-0.39, 0.29) is 41.1 Å². The van der Waals surface area contributed by atoms with Gasteiger partial charge in [-0.1, -0.05) is 17.8 Å². The molecular formula is C16H18N6O7S2. The Kier molecular flexibility index (Phi) is 6.10. The number of aliphatic carboxylic acids is 1. The van der Waals surface area contributed by atoms with Crippen LogP contribution in [0.1, 0.15) is 5.69 Å². The second-order valence-corrected chi connectivity index (χ2v) is 9.39. The molecule has 1 atom stereocenters. The Hall–Kier alpha value is -3.30. The van der Waals surface area contributed by atoms with E-state index in [1.165, 1.54) is 16.5 Å². The van der Waals surface area contributed by atoms with Crippen LogP contribution in [0, 0.1) is 0 Å². The number of aromatic nitrogens is 1. The largest absolute Gasteiger partial charge is 0.476 e. The first-order valence-corrected chi connectivity index (χ1v) is 11.4. The molecule has 1 saturated heterocycles. The number of rotatable bonds is 8. The molecular weight excluding hydrogens is 452 g/mol. The lowest BCUT2D eigenvalue weighted by atomic mass is 10.2. The van der Waals surface area contributed by atoms with Gasteiger partial charge < -0.3 is 21.0 Å². The second-order valence-electron chi connectivity index (χ2n) is 6.47. The van der Waals surface area contributed by atoms with Crippen LogP contribution in [0.4, 0.5) is 5.13 Å². The van der Waals surface area contributed by atoms with Crippen molar-refractivity contribution in [2.75, 3.05) is 31.7 Å². The third-order valence-corrected chi connectivity index (χ3v) is 6.16. The fourth-order valence-electron chi connectivity index (χ4n) is 3.00. The molecule has 2 amide bonds. The highest BCUT2D eigenvalue weighted by molar-refractivity contribution is 7.94. The number of anilines is 1. The molecule has 0 bridgehead atoms. The smallest absolute Gasteiger partial charge is 0.355 e. The fraction of sp³-hybridized carbons (Fsp3) is 0.312. The lowest BCUT2D eigenvalue weighted by Crippen LogP contribution is -2.46. The van der Waals surface area contributed by atoms with Gasteiger partial charge in [-0.3, -0.25) is 9.59 Å². The van der Waals surface area contributed by atoms with Gasteiger partial charge in [0.05, 0.1) is 11.4 Å². The average Bonchev–Trinajstić information content (AvgIpc) is 3.34. The highest BCUT2D eigenvalue weighted by Gasteiger charge is 2.50. The summed E-state index contributed by atoms with van der Waals surface area (Å²) in [5.41, 5.74) is 4.83. The van der Waals surface area contributed by atoms with Crippen molar-refractivity contribution in [3.8, 4) is 0 Å². The summed E-state index contributed by atoms with van der Waals surface area (Å²) in [6, 6.07) is -1.15. The minimum absolute atomic E-state index is 0.0152. The summed E-state index contributed by atoms with van der Waals surface area (Å²) < 4.78 is 23.8. The molecule has 1 fully saturated rings. The molecule has 2 aliphatic heterocycles. The number of nitrogens with zero attached hydrogens (tertiary/aromatic N) is 4. The molecule has 1 aromatic rings. The van der Waals surface area contributed by atoms with Gasteiger partial charge >= 0.3 is 5.97 Å². The number of thiazole rings is 1. The Morgan fingerprint density at radius 1 is 1.55 bits per heavy atom. The number of nitrogen functional groups attached to an aromatic ring is 1. The topological polar surface area (TPSA) is 185 Å². The maximum Gasteiger partial charge on any atom is 0.355 e. The maximum absolute atomic E-state index is 12.8. The molecule has 0 spiro atoms. The van der Waals surface area contributed by atoms with Crippen molar-refractivity contribution < 1.29 is 32.7 Å². The minimum atomic E-state index is -3.85. The van der Waals surface area contributed by atoms with Crippen molar-refractivity contribution >= 4 is 49.8 Å². The molecule has 1 aromatic heterocycles. The zero-order valence-electron chi connectivity index (χ0n) is 16.1. The van der Waals surface area contributed by atoms with E-state index in [1.807, 2.05) is 0 Å². The van der Waals surface area contributed by atoms with Gasteiger partial charge in [-0.25, -0.2) is 28.2 Å². The number of nitrogens with two attached hydrogens (primary N) is 1. The van der Waals surface area contributed by atoms with Crippen LogP contribution in [-0.2, 0) is 29.1 Å². The van der Waals surface area contributed by atoms with Crippen LogP contribution in [0.15, 0.2) is 33.8 Å². The van der Waals surface area contributed by atoms with E-state index in [1.54, 1.807) is 0 Å². The molecule has 0 aromatic carbocycles. The van der Waals surface area contributed by atoms with Crippen LogP contribution in [0.3, 0.4) is 0 Å². The SMILES string of the molecule is C=CCO/N=C(/C(=O)N[C@H]1CN2CC(S(C)(=O)=O)=C(C(=O)O)N2C1=O)c1csc(N)n1. The maximum atomic E-state index is 12.8. The van der Waals surface area contributed by atoms with Gasteiger partial charge in [0.2, 0.25) is 0 Å². The minimum Gasteiger partial charge on any atom is -0.476 e. The van der Waals surface area contributed by atoms with Crippen molar-refractivity contribution in [3.63, 3.8) is 0 Å². The molecule has 2 aliphatic rings. The molecule has 15 heteroatoms. The third-order valence-electron chi connectivity index (χ3n) is 4.27.